The zero-order valence-electron chi connectivity index (χ0n) is 21.0. The molecule has 0 bridgehead atoms. The standard InChI is InChI=1S/C29H25Cl2FN4O2S/c30-20-2-1-3-21(31)25(20)19-15-33-36(18-4-5-18)23(19)10-16-13-29(14-16)6-8-35(9-7-29)28-34-26-22(32)11-17(27(37)38)12-24(26)39-28/h1-3,10-12,15,18H,4-9,13-14H2,(H,37,38). The highest BCUT2D eigenvalue weighted by molar-refractivity contribution is 7.22. The maximum Gasteiger partial charge on any atom is 0.335 e. The average Bonchev–Trinajstić information content (AvgIpc) is 3.51. The van der Waals surface area contributed by atoms with E-state index < -0.39 is 11.8 Å². The SMILES string of the molecule is O=C(O)c1cc(F)c2nc(N3CCC4(CC3)CC(=Cc3c(-c5c(Cl)cccc5Cl)cnn3C3CC3)C4)sc2c1. The summed E-state index contributed by atoms with van der Waals surface area (Å²) in [5.74, 6) is -1.72. The highest BCUT2D eigenvalue weighted by atomic mass is 35.5. The molecule has 2 aromatic heterocycles. The van der Waals surface area contributed by atoms with E-state index in [9.17, 15) is 14.3 Å². The van der Waals surface area contributed by atoms with Crippen molar-refractivity contribution in [1.82, 2.24) is 14.8 Å². The number of anilines is 1. The fourth-order valence-corrected chi connectivity index (χ4v) is 7.71. The fraction of sp³-hybridized carbons (Fsp3) is 0.345. The number of thiazole rings is 1. The van der Waals surface area contributed by atoms with Crippen molar-refractivity contribution >= 4 is 61.9 Å². The predicted molar refractivity (Wildman–Crippen MR) is 154 cm³/mol. The summed E-state index contributed by atoms with van der Waals surface area (Å²) >= 11 is 14.5. The van der Waals surface area contributed by atoms with Gasteiger partial charge in [0.2, 0.25) is 0 Å². The Bertz CT molecular complexity index is 1640. The highest BCUT2D eigenvalue weighted by Gasteiger charge is 2.43. The Morgan fingerprint density at radius 2 is 1.87 bits per heavy atom. The van der Waals surface area contributed by atoms with Crippen LogP contribution in [0, 0.1) is 11.2 Å². The number of piperidine rings is 1. The molecule has 2 aromatic carbocycles. The molecule has 7 rings (SSSR count). The van der Waals surface area contributed by atoms with Gasteiger partial charge in [-0.15, -0.1) is 0 Å². The van der Waals surface area contributed by atoms with Gasteiger partial charge in [-0.25, -0.2) is 14.2 Å². The van der Waals surface area contributed by atoms with E-state index in [-0.39, 0.29) is 16.5 Å². The van der Waals surface area contributed by atoms with Crippen molar-refractivity contribution in [3.63, 3.8) is 0 Å². The summed E-state index contributed by atoms with van der Waals surface area (Å²) in [6.45, 7) is 1.70. The van der Waals surface area contributed by atoms with Gasteiger partial charge in [-0.1, -0.05) is 46.2 Å². The third kappa shape index (κ3) is 4.42. The van der Waals surface area contributed by atoms with Gasteiger partial charge in [-0.3, -0.25) is 4.68 Å². The quantitative estimate of drug-likeness (QED) is 0.257. The molecule has 4 aromatic rings. The number of hydrogen-bond donors (Lipinski definition) is 1. The van der Waals surface area contributed by atoms with Gasteiger partial charge >= 0.3 is 5.97 Å². The zero-order valence-corrected chi connectivity index (χ0v) is 23.3. The molecule has 0 atom stereocenters. The number of carboxylic acid groups (broad SMARTS) is 1. The van der Waals surface area contributed by atoms with E-state index in [4.69, 9.17) is 28.3 Å². The molecule has 3 heterocycles. The van der Waals surface area contributed by atoms with Crippen LogP contribution in [0.5, 0.6) is 0 Å². The van der Waals surface area contributed by atoms with E-state index in [2.05, 4.69) is 20.6 Å². The van der Waals surface area contributed by atoms with Gasteiger partial charge < -0.3 is 10.0 Å². The number of benzene rings is 2. The lowest BCUT2D eigenvalue weighted by atomic mass is 9.60. The largest absolute Gasteiger partial charge is 0.478 e. The van der Waals surface area contributed by atoms with E-state index >= 15 is 0 Å². The van der Waals surface area contributed by atoms with Gasteiger partial charge in [0.15, 0.2) is 10.9 Å². The molecule has 1 spiro atoms. The molecule has 0 amide bonds. The molecule has 200 valence electrons. The smallest absolute Gasteiger partial charge is 0.335 e. The Hall–Kier alpha value is -2.94. The number of allylic oxidation sites excluding steroid dienone is 1. The van der Waals surface area contributed by atoms with Crippen LogP contribution in [0.2, 0.25) is 10.0 Å². The number of carbonyl (C=O) groups is 1. The second kappa shape index (κ2) is 9.32. The molecule has 0 radical (unpaired) electrons. The minimum atomic E-state index is -1.14. The Morgan fingerprint density at radius 3 is 2.54 bits per heavy atom. The molecule has 0 unspecified atom stereocenters. The minimum absolute atomic E-state index is 0.0513. The summed E-state index contributed by atoms with van der Waals surface area (Å²) in [6.07, 6.45) is 10.6. The molecular weight excluding hydrogens is 558 g/mol. The van der Waals surface area contributed by atoms with Gasteiger partial charge in [-0.05, 0) is 74.3 Å². The van der Waals surface area contributed by atoms with Crippen molar-refractivity contribution in [3.8, 4) is 11.1 Å². The molecule has 1 aliphatic heterocycles. The van der Waals surface area contributed by atoms with Crippen molar-refractivity contribution < 1.29 is 14.3 Å². The number of rotatable bonds is 5. The summed E-state index contributed by atoms with van der Waals surface area (Å²) in [7, 11) is 0. The number of halogens is 3. The summed E-state index contributed by atoms with van der Waals surface area (Å²) in [6, 6.07) is 8.58. The van der Waals surface area contributed by atoms with Crippen LogP contribution in [0.4, 0.5) is 9.52 Å². The number of aromatic nitrogens is 3. The number of fused-ring (bicyclic) bond motifs is 1. The maximum absolute atomic E-state index is 14.5. The van der Waals surface area contributed by atoms with Crippen molar-refractivity contribution in [2.75, 3.05) is 18.0 Å². The molecule has 3 aliphatic rings. The van der Waals surface area contributed by atoms with E-state index in [1.54, 1.807) is 0 Å². The predicted octanol–water partition coefficient (Wildman–Crippen LogP) is 8.10. The first-order chi connectivity index (χ1) is 18.8. The Kier molecular flexibility index (Phi) is 5.99. The van der Waals surface area contributed by atoms with Crippen LogP contribution in [0.25, 0.3) is 27.4 Å². The molecular formula is C29H25Cl2FN4O2S. The number of hydrogen-bond acceptors (Lipinski definition) is 5. The van der Waals surface area contributed by atoms with Crippen LogP contribution in [0.1, 0.15) is 60.6 Å². The second-order valence-electron chi connectivity index (χ2n) is 11.0. The van der Waals surface area contributed by atoms with Crippen LogP contribution in [-0.4, -0.2) is 38.9 Å². The van der Waals surface area contributed by atoms with Crippen LogP contribution in [-0.2, 0) is 0 Å². The Morgan fingerprint density at radius 1 is 1.15 bits per heavy atom. The van der Waals surface area contributed by atoms with Crippen molar-refractivity contribution in [2.45, 2.75) is 44.6 Å². The van der Waals surface area contributed by atoms with E-state index in [1.807, 2.05) is 24.4 Å². The lowest BCUT2D eigenvalue weighted by molar-refractivity contribution is 0.0696. The molecule has 1 N–H and O–H groups in total. The van der Waals surface area contributed by atoms with Gasteiger partial charge in [-0.2, -0.15) is 5.10 Å². The molecule has 6 nitrogen and oxygen atoms in total. The van der Waals surface area contributed by atoms with Crippen LogP contribution in [0.3, 0.4) is 0 Å². The van der Waals surface area contributed by atoms with Crippen molar-refractivity contribution in [3.05, 3.63) is 69.2 Å². The number of nitrogens with zero attached hydrogens (tertiary/aromatic N) is 4. The monoisotopic (exact) mass is 582 g/mol. The van der Waals surface area contributed by atoms with Crippen LogP contribution >= 0.6 is 34.5 Å². The third-order valence-electron chi connectivity index (χ3n) is 8.28. The van der Waals surface area contributed by atoms with Crippen molar-refractivity contribution in [1.29, 1.82) is 0 Å². The number of carboxylic acids is 1. The third-order valence-corrected chi connectivity index (χ3v) is 9.98. The normalized spacial score (nSPS) is 18.5. The van der Waals surface area contributed by atoms with E-state index in [1.165, 1.54) is 23.0 Å². The average molecular weight is 584 g/mol. The summed E-state index contributed by atoms with van der Waals surface area (Å²) in [4.78, 5) is 18.0. The number of aromatic carboxylic acids is 1. The van der Waals surface area contributed by atoms with Crippen molar-refractivity contribution in [2.24, 2.45) is 5.41 Å². The highest BCUT2D eigenvalue weighted by Crippen LogP contribution is 2.54. The maximum atomic E-state index is 14.5. The van der Waals surface area contributed by atoms with Crippen LogP contribution < -0.4 is 4.90 Å². The zero-order chi connectivity index (χ0) is 26.9. The first-order valence-electron chi connectivity index (χ1n) is 13.1. The second-order valence-corrected chi connectivity index (χ2v) is 12.8. The first kappa shape index (κ1) is 25.1. The van der Waals surface area contributed by atoms with E-state index in [0.717, 1.165) is 79.6 Å². The van der Waals surface area contributed by atoms with Gasteiger partial charge in [0.1, 0.15) is 5.52 Å². The fourth-order valence-electron chi connectivity index (χ4n) is 6.04. The van der Waals surface area contributed by atoms with E-state index in [0.29, 0.717) is 20.8 Å². The Balaban J connectivity index is 1.09. The van der Waals surface area contributed by atoms with Gasteiger partial charge in [0, 0.05) is 24.2 Å². The first-order valence-corrected chi connectivity index (χ1v) is 14.7. The molecule has 3 fully saturated rings. The molecule has 39 heavy (non-hydrogen) atoms. The molecule has 10 heteroatoms. The van der Waals surface area contributed by atoms with Gasteiger partial charge in [0.25, 0.3) is 0 Å². The summed E-state index contributed by atoms with van der Waals surface area (Å²) in [5.41, 5.74) is 4.79. The summed E-state index contributed by atoms with van der Waals surface area (Å²) in [5, 5.41) is 16.0. The Labute approximate surface area is 238 Å². The molecule has 1 saturated heterocycles. The lowest BCUT2D eigenvalue weighted by Crippen LogP contribution is -2.44. The topological polar surface area (TPSA) is 71.2 Å². The van der Waals surface area contributed by atoms with Crippen LogP contribution in [0.15, 0.2) is 42.1 Å². The van der Waals surface area contributed by atoms with Gasteiger partial charge in [0.05, 0.1) is 38.2 Å². The minimum Gasteiger partial charge on any atom is -0.478 e. The summed E-state index contributed by atoms with van der Waals surface area (Å²) < 4.78 is 17.2. The molecule has 2 aliphatic carbocycles. The molecule has 2 saturated carbocycles. The lowest BCUT2D eigenvalue weighted by Gasteiger charge is -2.49.